The number of hydrogen-bond donors (Lipinski definition) is 1. The second-order valence-electron chi connectivity index (χ2n) is 5.85. The van der Waals surface area contributed by atoms with Crippen molar-refractivity contribution >= 4 is 23.4 Å². The van der Waals surface area contributed by atoms with Gasteiger partial charge < -0.3 is 9.84 Å². The maximum Gasteiger partial charge on any atom is 0.414 e. The molecule has 0 aliphatic heterocycles. The lowest BCUT2D eigenvalue weighted by atomic mass is 10.2. The quantitative estimate of drug-likeness (QED) is 0.628. The molecule has 0 atom stereocenters. The van der Waals surface area contributed by atoms with Gasteiger partial charge in [0.2, 0.25) is 0 Å². The van der Waals surface area contributed by atoms with Crippen molar-refractivity contribution in [2.45, 2.75) is 13.2 Å². The van der Waals surface area contributed by atoms with Gasteiger partial charge in [0.25, 0.3) is 0 Å². The minimum absolute atomic E-state index is 0.0439. The average Bonchev–Trinajstić information content (AvgIpc) is 2.68. The second-order valence-corrected chi connectivity index (χ2v) is 6.26. The lowest BCUT2D eigenvalue weighted by molar-refractivity contribution is 0.146. The average molecular weight is 386 g/mol. The third kappa shape index (κ3) is 4.77. The van der Waals surface area contributed by atoms with Crippen molar-refractivity contribution in [1.29, 1.82) is 0 Å². The smallest absolute Gasteiger partial charge is 0.414 e. The number of carbonyl (C=O) groups is 1. The summed E-state index contributed by atoms with van der Waals surface area (Å²) in [6.45, 7) is 0.133. The molecule has 0 unspecified atom stereocenters. The molecule has 6 heteroatoms. The molecule has 1 N–H and O–H groups in total. The van der Waals surface area contributed by atoms with Crippen LogP contribution >= 0.6 is 11.6 Å². The van der Waals surface area contributed by atoms with Gasteiger partial charge in [0, 0.05) is 11.3 Å². The first-order valence-electron chi connectivity index (χ1n) is 8.25. The Morgan fingerprint density at radius 1 is 1.04 bits per heavy atom. The van der Waals surface area contributed by atoms with Crippen molar-refractivity contribution in [3.05, 3.63) is 94.8 Å². The van der Waals surface area contributed by atoms with Crippen LogP contribution in [0.5, 0.6) is 5.75 Å². The number of amides is 1. The summed E-state index contributed by atoms with van der Waals surface area (Å²) in [6, 6.07) is 19.9. The van der Waals surface area contributed by atoms with E-state index in [-0.39, 0.29) is 23.9 Å². The zero-order chi connectivity index (χ0) is 19.2. The number of nitrogens with zero attached hydrogens (tertiary/aromatic N) is 1. The molecule has 0 aliphatic rings. The highest BCUT2D eigenvalue weighted by Crippen LogP contribution is 2.27. The maximum atomic E-state index is 13.5. The maximum absolute atomic E-state index is 13.5. The number of rotatable bonds is 5. The first-order chi connectivity index (χ1) is 13.0. The number of anilines is 1. The van der Waals surface area contributed by atoms with Crippen LogP contribution in [0, 0.1) is 5.82 Å². The van der Waals surface area contributed by atoms with E-state index < -0.39 is 11.9 Å². The number of halogens is 2. The summed E-state index contributed by atoms with van der Waals surface area (Å²) in [6.07, 6.45) is -0.634. The highest BCUT2D eigenvalue weighted by Gasteiger charge is 2.20. The molecule has 0 aliphatic carbocycles. The first kappa shape index (κ1) is 18.7. The SMILES string of the molecule is O=C(OCc1ccccc1)N(Cc1ccccc1O)c1ccc(F)c(Cl)c1. The summed E-state index contributed by atoms with van der Waals surface area (Å²) in [5.74, 6) is -0.535. The van der Waals surface area contributed by atoms with E-state index in [1.807, 2.05) is 30.3 Å². The largest absolute Gasteiger partial charge is 0.508 e. The fraction of sp³-hybridized carbons (Fsp3) is 0.0952. The summed E-state index contributed by atoms with van der Waals surface area (Å²) in [5, 5.41) is 9.92. The third-order valence-corrected chi connectivity index (χ3v) is 4.25. The Morgan fingerprint density at radius 3 is 2.44 bits per heavy atom. The molecular weight excluding hydrogens is 369 g/mol. The fourth-order valence-electron chi connectivity index (χ4n) is 2.53. The number of aromatic hydroxyl groups is 1. The number of carbonyl (C=O) groups excluding carboxylic acids is 1. The summed E-state index contributed by atoms with van der Waals surface area (Å²) in [5.41, 5.74) is 1.72. The molecule has 3 aromatic rings. The van der Waals surface area contributed by atoms with E-state index in [9.17, 15) is 14.3 Å². The lowest BCUT2D eigenvalue weighted by Crippen LogP contribution is -2.31. The van der Waals surface area contributed by atoms with Crippen molar-refractivity contribution in [3.63, 3.8) is 0 Å². The predicted octanol–water partition coefficient (Wildman–Crippen LogP) is 5.53. The lowest BCUT2D eigenvalue weighted by Gasteiger charge is -2.23. The molecule has 4 nitrogen and oxygen atoms in total. The van der Waals surface area contributed by atoms with Crippen molar-refractivity contribution in [1.82, 2.24) is 0 Å². The van der Waals surface area contributed by atoms with Gasteiger partial charge in [0.05, 0.1) is 11.6 Å². The van der Waals surface area contributed by atoms with Crippen LogP contribution in [0.3, 0.4) is 0 Å². The van der Waals surface area contributed by atoms with Crippen LogP contribution in [0.4, 0.5) is 14.9 Å². The molecule has 138 valence electrons. The molecule has 0 bridgehead atoms. The van der Waals surface area contributed by atoms with Crippen molar-refractivity contribution < 1.29 is 19.0 Å². The zero-order valence-electron chi connectivity index (χ0n) is 14.3. The van der Waals surface area contributed by atoms with Gasteiger partial charge in [-0.15, -0.1) is 0 Å². The molecule has 0 spiro atoms. The van der Waals surface area contributed by atoms with Crippen molar-refractivity contribution in [2.24, 2.45) is 0 Å². The van der Waals surface area contributed by atoms with Crippen molar-refractivity contribution in [3.8, 4) is 5.75 Å². The number of benzene rings is 3. The summed E-state index contributed by atoms with van der Waals surface area (Å²) < 4.78 is 18.9. The zero-order valence-corrected chi connectivity index (χ0v) is 15.1. The van der Waals surface area contributed by atoms with Crippen LogP contribution < -0.4 is 4.90 Å². The summed E-state index contributed by atoms with van der Waals surface area (Å²) >= 11 is 5.87. The minimum atomic E-state index is -0.634. The van der Waals surface area contributed by atoms with E-state index in [1.165, 1.54) is 29.2 Å². The molecule has 0 fully saturated rings. The molecule has 0 saturated heterocycles. The fourth-order valence-corrected chi connectivity index (χ4v) is 2.70. The van der Waals surface area contributed by atoms with Crippen LogP contribution in [-0.4, -0.2) is 11.2 Å². The Bertz CT molecular complexity index is 934. The van der Waals surface area contributed by atoms with E-state index in [0.717, 1.165) is 5.56 Å². The number of hydrogen-bond acceptors (Lipinski definition) is 3. The van der Waals surface area contributed by atoms with Gasteiger partial charge in [-0.2, -0.15) is 0 Å². The Balaban J connectivity index is 1.85. The highest BCUT2D eigenvalue weighted by atomic mass is 35.5. The van der Waals surface area contributed by atoms with E-state index in [1.54, 1.807) is 18.2 Å². The van der Waals surface area contributed by atoms with Gasteiger partial charge in [-0.3, -0.25) is 4.90 Å². The van der Waals surface area contributed by atoms with Gasteiger partial charge in [-0.25, -0.2) is 9.18 Å². The standard InChI is InChI=1S/C21H17ClFNO3/c22-18-12-17(10-11-19(18)23)24(13-16-8-4-5-9-20(16)25)21(26)27-14-15-6-2-1-3-7-15/h1-12,25H,13-14H2. The predicted molar refractivity (Wildman–Crippen MR) is 102 cm³/mol. The molecule has 3 rings (SSSR count). The topological polar surface area (TPSA) is 49.8 Å². The first-order valence-corrected chi connectivity index (χ1v) is 8.62. The van der Waals surface area contributed by atoms with Gasteiger partial charge in [-0.05, 0) is 29.8 Å². The monoisotopic (exact) mass is 385 g/mol. The van der Waals surface area contributed by atoms with Gasteiger partial charge >= 0.3 is 6.09 Å². The number of para-hydroxylation sites is 1. The van der Waals surface area contributed by atoms with E-state index >= 15 is 0 Å². The van der Waals surface area contributed by atoms with Gasteiger partial charge in [-0.1, -0.05) is 60.1 Å². The highest BCUT2D eigenvalue weighted by molar-refractivity contribution is 6.31. The van der Waals surface area contributed by atoms with Crippen LogP contribution in [0.25, 0.3) is 0 Å². The molecule has 0 saturated carbocycles. The molecule has 27 heavy (non-hydrogen) atoms. The molecule has 3 aromatic carbocycles. The van der Waals surface area contributed by atoms with E-state index in [2.05, 4.69) is 0 Å². The Labute approximate surface area is 161 Å². The van der Waals surface area contributed by atoms with Crippen molar-refractivity contribution in [2.75, 3.05) is 4.90 Å². The molecular formula is C21H17ClFNO3. The molecule has 0 aromatic heterocycles. The van der Waals surface area contributed by atoms with E-state index in [0.29, 0.717) is 11.3 Å². The third-order valence-electron chi connectivity index (χ3n) is 3.96. The molecule has 0 radical (unpaired) electrons. The van der Waals surface area contributed by atoms with Crippen LogP contribution in [0.15, 0.2) is 72.8 Å². The van der Waals surface area contributed by atoms with Gasteiger partial charge in [0.15, 0.2) is 0 Å². The van der Waals surface area contributed by atoms with Crippen LogP contribution in [0.1, 0.15) is 11.1 Å². The van der Waals surface area contributed by atoms with Gasteiger partial charge in [0.1, 0.15) is 18.2 Å². The Kier molecular flexibility index (Phi) is 5.94. The van der Waals surface area contributed by atoms with E-state index in [4.69, 9.17) is 16.3 Å². The number of phenols is 1. The number of ether oxygens (including phenoxy) is 1. The second kappa shape index (κ2) is 8.56. The molecule has 0 heterocycles. The van der Waals surface area contributed by atoms with Crippen LogP contribution in [0.2, 0.25) is 5.02 Å². The Hall–Kier alpha value is -3.05. The normalized spacial score (nSPS) is 10.4. The summed E-state index contributed by atoms with van der Waals surface area (Å²) in [4.78, 5) is 14.0. The number of phenolic OH excluding ortho intramolecular Hbond substituents is 1. The summed E-state index contributed by atoms with van der Waals surface area (Å²) in [7, 11) is 0. The van der Waals surface area contributed by atoms with Crippen LogP contribution in [-0.2, 0) is 17.9 Å². The minimum Gasteiger partial charge on any atom is -0.508 e. The molecule has 1 amide bonds. The Morgan fingerprint density at radius 2 is 1.74 bits per heavy atom.